The molecular formula is C20H21ClN6O2S. The molecule has 156 valence electrons. The Balaban J connectivity index is 1.16. The number of furan rings is 1. The molecule has 1 aromatic carbocycles. The van der Waals surface area contributed by atoms with Crippen molar-refractivity contribution in [3.63, 3.8) is 0 Å². The van der Waals surface area contributed by atoms with Gasteiger partial charge in [-0.3, -0.25) is 10.2 Å². The van der Waals surface area contributed by atoms with Crippen molar-refractivity contribution in [2.24, 2.45) is 5.10 Å². The van der Waals surface area contributed by atoms with Crippen LogP contribution in [0, 0.1) is 0 Å². The fourth-order valence-electron chi connectivity index (χ4n) is 3.84. The number of thioether (sulfide) groups is 1. The molecule has 3 atom stereocenters. The molecule has 4 heterocycles. The van der Waals surface area contributed by atoms with Gasteiger partial charge < -0.3 is 19.6 Å². The SMILES string of the molecule is O=C(CSC1=NNC2C3CC(c4ccc(Cl)cc4)NN3C=CN12)NCc1ccco1. The minimum absolute atomic E-state index is 0.0217. The van der Waals surface area contributed by atoms with Gasteiger partial charge in [0, 0.05) is 17.4 Å². The van der Waals surface area contributed by atoms with Crippen LogP contribution >= 0.6 is 23.4 Å². The number of hydrazine groups is 1. The van der Waals surface area contributed by atoms with Crippen molar-refractivity contribution >= 4 is 34.4 Å². The van der Waals surface area contributed by atoms with Crippen molar-refractivity contribution in [2.45, 2.75) is 31.2 Å². The molecule has 5 rings (SSSR count). The summed E-state index contributed by atoms with van der Waals surface area (Å²) in [5.41, 5.74) is 7.98. The average Bonchev–Trinajstić information content (AvgIpc) is 3.50. The smallest absolute Gasteiger partial charge is 0.230 e. The zero-order valence-electron chi connectivity index (χ0n) is 16.0. The summed E-state index contributed by atoms with van der Waals surface area (Å²) in [5.74, 6) is 0.963. The second kappa shape index (κ2) is 8.25. The molecule has 10 heteroatoms. The summed E-state index contributed by atoms with van der Waals surface area (Å²) in [4.78, 5) is 14.2. The van der Waals surface area contributed by atoms with Gasteiger partial charge in [-0.1, -0.05) is 35.5 Å². The topological polar surface area (TPSA) is 85.1 Å². The van der Waals surface area contributed by atoms with Crippen LogP contribution in [0.15, 0.2) is 64.6 Å². The third-order valence-corrected chi connectivity index (χ3v) is 6.57. The van der Waals surface area contributed by atoms with Crippen molar-refractivity contribution < 1.29 is 9.21 Å². The number of hydrazone groups is 1. The number of fused-ring (bicyclic) bond motifs is 3. The third kappa shape index (κ3) is 3.88. The number of benzene rings is 1. The Morgan fingerprint density at radius 2 is 2.17 bits per heavy atom. The predicted octanol–water partition coefficient (Wildman–Crippen LogP) is 2.59. The quantitative estimate of drug-likeness (QED) is 0.653. The first-order valence-corrected chi connectivity index (χ1v) is 11.1. The van der Waals surface area contributed by atoms with E-state index in [1.807, 2.05) is 30.6 Å². The van der Waals surface area contributed by atoms with E-state index >= 15 is 0 Å². The maximum Gasteiger partial charge on any atom is 0.230 e. The van der Waals surface area contributed by atoms with Crippen molar-refractivity contribution in [3.8, 4) is 0 Å². The van der Waals surface area contributed by atoms with Crippen LogP contribution in [-0.2, 0) is 11.3 Å². The maximum absolute atomic E-state index is 12.1. The molecule has 0 bridgehead atoms. The van der Waals surface area contributed by atoms with Gasteiger partial charge in [0.2, 0.25) is 5.91 Å². The summed E-state index contributed by atoms with van der Waals surface area (Å²) in [6, 6.07) is 12.0. The first-order chi connectivity index (χ1) is 14.7. The van der Waals surface area contributed by atoms with E-state index in [2.05, 4.69) is 43.3 Å². The van der Waals surface area contributed by atoms with Gasteiger partial charge >= 0.3 is 0 Å². The summed E-state index contributed by atoms with van der Waals surface area (Å²) >= 11 is 7.43. The van der Waals surface area contributed by atoms with E-state index in [-0.39, 0.29) is 29.9 Å². The molecule has 0 radical (unpaired) electrons. The number of carbonyl (C=O) groups excluding carboxylic acids is 1. The standard InChI is InChI=1S/C20H21ClN6O2S/c21-14-5-3-13(4-6-14)16-10-17-19-23-24-20(26(19)7-8-27(17)25-16)30-12-18(28)22-11-15-2-1-9-29-15/h1-9,16-17,19,23,25H,10-12H2,(H,22,28). The molecule has 3 unspecified atom stereocenters. The molecule has 2 aromatic rings. The van der Waals surface area contributed by atoms with Crippen LogP contribution in [-0.4, -0.2) is 38.9 Å². The lowest BCUT2D eigenvalue weighted by atomic mass is 10.00. The van der Waals surface area contributed by atoms with E-state index < -0.39 is 0 Å². The number of amides is 1. The lowest BCUT2D eigenvalue weighted by molar-refractivity contribution is -0.118. The molecule has 1 saturated heterocycles. The molecule has 1 amide bonds. The van der Waals surface area contributed by atoms with E-state index in [4.69, 9.17) is 16.0 Å². The van der Waals surface area contributed by atoms with E-state index in [0.29, 0.717) is 6.54 Å². The highest BCUT2D eigenvalue weighted by molar-refractivity contribution is 8.14. The van der Waals surface area contributed by atoms with Gasteiger partial charge in [0.15, 0.2) is 5.17 Å². The minimum Gasteiger partial charge on any atom is -0.467 e. The van der Waals surface area contributed by atoms with E-state index in [0.717, 1.165) is 22.4 Å². The lowest BCUT2D eigenvalue weighted by Gasteiger charge is -2.36. The van der Waals surface area contributed by atoms with Gasteiger partial charge in [0.1, 0.15) is 11.9 Å². The number of nitrogens with one attached hydrogen (secondary N) is 3. The third-order valence-electron chi connectivity index (χ3n) is 5.35. The molecule has 0 spiro atoms. The number of carbonyl (C=O) groups is 1. The Morgan fingerprint density at radius 1 is 1.30 bits per heavy atom. The highest BCUT2D eigenvalue weighted by Gasteiger charge is 2.44. The molecule has 0 aliphatic carbocycles. The largest absolute Gasteiger partial charge is 0.467 e. The highest BCUT2D eigenvalue weighted by Crippen LogP contribution is 2.35. The fraction of sp³-hybridized carbons (Fsp3) is 0.300. The zero-order valence-corrected chi connectivity index (χ0v) is 17.6. The molecule has 3 aliphatic rings. The van der Waals surface area contributed by atoms with Crippen LogP contribution in [0.3, 0.4) is 0 Å². The van der Waals surface area contributed by atoms with Crippen molar-refractivity contribution in [1.82, 2.24) is 26.1 Å². The molecule has 3 aliphatic heterocycles. The lowest BCUT2D eigenvalue weighted by Crippen LogP contribution is -2.54. The second-order valence-electron chi connectivity index (χ2n) is 7.26. The molecular weight excluding hydrogens is 424 g/mol. The van der Waals surface area contributed by atoms with Gasteiger partial charge in [-0.15, -0.1) is 0 Å². The summed E-state index contributed by atoms with van der Waals surface area (Å²) in [6.45, 7) is 0.387. The molecule has 1 fully saturated rings. The number of amidine groups is 1. The zero-order chi connectivity index (χ0) is 20.5. The second-order valence-corrected chi connectivity index (χ2v) is 8.64. The Bertz CT molecular complexity index is 964. The highest BCUT2D eigenvalue weighted by atomic mass is 35.5. The number of hydrogen-bond donors (Lipinski definition) is 3. The van der Waals surface area contributed by atoms with Crippen LogP contribution in [0.4, 0.5) is 0 Å². The van der Waals surface area contributed by atoms with Gasteiger partial charge in [0.25, 0.3) is 0 Å². The van der Waals surface area contributed by atoms with Gasteiger partial charge in [0.05, 0.1) is 30.6 Å². The van der Waals surface area contributed by atoms with Crippen LogP contribution in [0.1, 0.15) is 23.8 Å². The maximum atomic E-state index is 12.1. The summed E-state index contributed by atoms with van der Waals surface area (Å²) in [5, 5.41) is 11.0. The van der Waals surface area contributed by atoms with Crippen molar-refractivity contribution in [2.75, 3.05) is 5.75 Å². The van der Waals surface area contributed by atoms with Gasteiger partial charge in [-0.05, 0) is 36.2 Å². The minimum atomic E-state index is -0.0597. The molecule has 8 nitrogen and oxygen atoms in total. The first-order valence-electron chi connectivity index (χ1n) is 9.69. The Labute approximate surface area is 183 Å². The Morgan fingerprint density at radius 3 is 2.97 bits per heavy atom. The summed E-state index contributed by atoms with van der Waals surface area (Å²) in [7, 11) is 0. The molecule has 0 saturated carbocycles. The average molecular weight is 445 g/mol. The molecule has 30 heavy (non-hydrogen) atoms. The Hall–Kier alpha value is -2.62. The molecule has 1 aromatic heterocycles. The summed E-state index contributed by atoms with van der Waals surface area (Å²) in [6.07, 6.45) is 6.56. The van der Waals surface area contributed by atoms with E-state index in [1.165, 1.54) is 17.3 Å². The number of nitrogens with zero attached hydrogens (tertiary/aromatic N) is 3. The van der Waals surface area contributed by atoms with Crippen molar-refractivity contribution in [1.29, 1.82) is 0 Å². The van der Waals surface area contributed by atoms with Crippen LogP contribution in [0.25, 0.3) is 0 Å². The first kappa shape index (κ1) is 19.3. The normalized spacial score (nSPS) is 24.3. The van der Waals surface area contributed by atoms with E-state index in [9.17, 15) is 4.79 Å². The number of rotatable bonds is 5. The van der Waals surface area contributed by atoms with Crippen LogP contribution < -0.4 is 16.2 Å². The van der Waals surface area contributed by atoms with Gasteiger partial charge in [-0.25, -0.2) is 5.43 Å². The number of hydrogen-bond acceptors (Lipinski definition) is 8. The number of halogens is 1. The monoisotopic (exact) mass is 444 g/mol. The summed E-state index contributed by atoms with van der Waals surface area (Å²) < 4.78 is 5.23. The van der Waals surface area contributed by atoms with Crippen LogP contribution in [0.5, 0.6) is 0 Å². The van der Waals surface area contributed by atoms with Gasteiger partial charge in [-0.2, -0.15) is 5.10 Å². The fourth-order valence-corrected chi connectivity index (χ4v) is 4.77. The predicted molar refractivity (Wildman–Crippen MR) is 116 cm³/mol. The Kier molecular flexibility index (Phi) is 5.32. The van der Waals surface area contributed by atoms with Crippen LogP contribution in [0.2, 0.25) is 5.02 Å². The van der Waals surface area contributed by atoms with E-state index in [1.54, 1.807) is 12.3 Å². The van der Waals surface area contributed by atoms with Crippen molar-refractivity contribution in [3.05, 3.63) is 71.4 Å². The molecule has 3 N–H and O–H groups in total.